The number of aliphatic imine (C=N–C) groups is 1. The SMILES string of the molecule is NC(=NC(=O)/C(N)=C(/Nc1ccccc1F)c1ccncc1)c1ccccn1. The normalized spacial score (nSPS) is 12.2. The molecule has 0 bridgehead atoms. The molecule has 7 nitrogen and oxygen atoms in total. The van der Waals surface area contributed by atoms with Crippen molar-refractivity contribution in [1.82, 2.24) is 9.97 Å². The molecule has 2 heterocycles. The first-order chi connectivity index (χ1) is 13.6. The summed E-state index contributed by atoms with van der Waals surface area (Å²) < 4.78 is 14.1. The molecular weight excluding hydrogens is 359 g/mol. The zero-order valence-corrected chi connectivity index (χ0v) is 14.7. The molecule has 0 fully saturated rings. The van der Waals surface area contributed by atoms with E-state index in [0.717, 1.165) is 0 Å². The van der Waals surface area contributed by atoms with Gasteiger partial charge in [-0.3, -0.25) is 14.8 Å². The quantitative estimate of drug-likeness (QED) is 0.357. The minimum absolute atomic E-state index is 0.0754. The monoisotopic (exact) mass is 376 g/mol. The van der Waals surface area contributed by atoms with Gasteiger partial charge in [-0.05, 0) is 36.4 Å². The third-order valence-electron chi connectivity index (χ3n) is 3.75. The van der Waals surface area contributed by atoms with Crippen LogP contribution < -0.4 is 16.8 Å². The van der Waals surface area contributed by atoms with Gasteiger partial charge in [-0.15, -0.1) is 0 Å². The molecule has 0 saturated carbocycles. The maximum atomic E-state index is 14.1. The number of pyridine rings is 2. The Morgan fingerprint density at radius 2 is 1.68 bits per heavy atom. The fourth-order valence-corrected chi connectivity index (χ4v) is 2.36. The number of halogens is 1. The number of amides is 1. The maximum absolute atomic E-state index is 14.1. The first-order valence-electron chi connectivity index (χ1n) is 8.28. The van der Waals surface area contributed by atoms with Crippen LogP contribution in [0.25, 0.3) is 5.70 Å². The smallest absolute Gasteiger partial charge is 0.297 e. The van der Waals surface area contributed by atoms with Crippen LogP contribution in [0.2, 0.25) is 0 Å². The highest BCUT2D eigenvalue weighted by Gasteiger charge is 2.16. The first-order valence-corrected chi connectivity index (χ1v) is 8.28. The Balaban J connectivity index is 2.01. The number of para-hydroxylation sites is 1. The molecule has 1 aromatic carbocycles. The topological polar surface area (TPSA) is 119 Å². The first kappa shape index (κ1) is 18.7. The number of benzene rings is 1. The third kappa shape index (κ3) is 4.36. The highest BCUT2D eigenvalue weighted by atomic mass is 19.1. The number of aromatic nitrogens is 2. The fraction of sp³-hybridized carbons (Fsp3) is 0. The van der Waals surface area contributed by atoms with Gasteiger partial charge in [0.25, 0.3) is 5.91 Å². The molecular formula is C20H17FN6O. The van der Waals surface area contributed by atoms with Crippen LogP contribution in [0.1, 0.15) is 11.3 Å². The number of amidine groups is 1. The van der Waals surface area contributed by atoms with Gasteiger partial charge in [0, 0.05) is 24.2 Å². The average molecular weight is 376 g/mol. The molecule has 0 unspecified atom stereocenters. The lowest BCUT2D eigenvalue weighted by atomic mass is 10.1. The summed E-state index contributed by atoms with van der Waals surface area (Å²) in [5.74, 6) is -1.35. The summed E-state index contributed by atoms with van der Waals surface area (Å²) in [4.78, 5) is 24.4. The standard InChI is InChI=1S/C20H17FN6O/c21-14-5-1-2-6-15(14)26-18(13-8-11-24-12-9-13)17(22)20(28)27-19(23)16-7-3-4-10-25-16/h1-12,26H,22H2,(H2,23,27,28)/b18-17-. The van der Waals surface area contributed by atoms with Crippen LogP contribution in [0, 0.1) is 5.82 Å². The van der Waals surface area contributed by atoms with E-state index < -0.39 is 11.7 Å². The van der Waals surface area contributed by atoms with Gasteiger partial charge < -0.3 is 16.8 Å². The number of hydrogen-bond acceptors (Lipinski definition) is 5. The number of nitrogens with zero attached hydrogens (tertiary/aromatic N) is 3. The molecule has 1 amide bonds. The minimum atomic E-state index is -0.779. The Bertz CT molecular complexity index is 1030. The van der Waals surface area contributed by atoms with Gasteiger partial charge in [-0.2, -0.15) is 4.99 Å². The van der Waals surface area contributed by atoms with Crippen LogP contribution in [0.3, 0.4) is 0 Å². The molecule has 0 aliphatic carbocycles. The molecule has 5 N–H and O–H groups in total. The summed E-state index contributed by atoms with van der Waals surface area (Å²) in [6.07, 6.45) is 4.59. The average Bonchev–Trinajstić information content (AvgIpc) is 2.74. The van der Waals surface area contributed by atoms with Gasteiger partial charge in [-0.1, -0.05) is 18.2 Å². The van der Waals surface area contributed by atoms with E-state index in [1.807, 2.05) is 0 Å². The molecule has 8 heteroatoms. The number of nitrogens with one attached hydrogen (secondary N) is 1. The minimum Gasteiger partial charge on any atom is -0.392 e. The second-order valence-corrected chi connectivity index (χ2v) is 5.65. The zero-order valence-electron chi connectivity index (χ0n) is 14.7. The summed E-state index contributed by atoms with van der Waals surface area (Å²) in [6, 6.07) is 14.4. The summed E-state index contributed by atoms with van der Waals surface area (Å²) >= 11 is 0. The highest BCUT2D eigenvalue weighted by molar-refractivity contribution is 6.10. The van der Waals surface area contributed by atoms with Crippen molar-refractivity contribution in [2.75, 3.05) is 5.32 Å². The van der Waals surface area contributed by atoms with Crippen molar-refractivity contribution in [1.29, 1.82) is 0 Å². The van der Waals surface area contributed by atoms with E-state index in [-0.39, 0.29) is 22.9 Å². The number of carbonyl (C=O) groups excluding carboxylic acids is 1. The van der Waals surface area contributed by atoms with Crippen molar-refractivity contribution in [2.45, 2.75) is 0 Å². The van der Waals surface area contributed by atoms with Crippen molar-refractivity contribution < 1.29 is 9.18 Å². The molecule has 3 rings (SSSR count). The lowest BCUT2D eigenvalue weighted by Crippen LogP contribution is -2.22. The number of carbonyl (C=O) groups is 1. The van der Waals surface area contributed by atoms with Gasteiger partial charge in [0.05, 0.1) is 11.4 Å². The van der Waals surface area contributed by atoms with Crippen LogP contribution in [0.5, 0.6) is 0 Å². The van der Waals surface area contributed by atoms with Gasteiger partial charge in [0.2, 0.25) is 0 Å². The summed E-state index contributed by atoms with van der Waals surface area (Å²) in [5.41, 5.74) is 12.9. The molecule has 3 aromatic rings. The number of nitrogens with two attached hydrogens (primary N) is 2. The second kappa shape index (κ2) is 8.54. The van der Waals surface area contributed by atoms with Crippen LogP contribution in [-0.4, -0.2) is 21.7 Å². The van der Waals surface area contributed by atoms with Crippen molar-refractivity contribution in [3.8, 4) is 0 Å². The van der Waals surface area contributed by atoms with Gasteiger partial charge in [0.1, 0.15) is 17.2 Å². The van der Waals surface area contributed by atoms with Crippen molar-refractivity contribution >= 4 is 23.1 Å². The molecule has 28 heavy (non-hydrogen) atoms. The maximum Gasteiger partial charge on any atom is 0.297 e. The van der Waals surface area contributed by atoms with Crippen molar-refractivity contribution in [3.05, 3.63) is 96.0 Å². The van der Waals surface area contributed by atoms with E-state index in [4.69, 9.17) is 11.5 Å². The van der Waals surface area contributed by atoms with Gasteiger partial charge >= 0.3 is 0 Å². The van der Waals surface area contributed by atoms with Gasteiger partial charge in [0.15, 0.2) is 5.84 Å². The van der Waals surface area contributed by atoms with Crippen LogP contribution in [0.4, 0.5) is 10.1 Å². The van der Waals surface area contributed by atoms with E-state index >= 15 is 0 Å². The highest BCUT2D eigenvalue weighted by Crippen LogP contribution is 2.22. The fourth-order valence-electron chi connectivity index (χ4n) is 2.36. The Kier molecular flexibility index (Phi) is 5.71. The molecule has 140 valence electrons. The molecule has 0 aliphatic rings. The van der Waals surface area contributed by atoms with E-state index in [9.17, 15) is 9.18 Å². The molecule has 0 radical (unpaired) electrons. The predicted octanol–water partition coefficient (Wildman–Crippen LogP) is 2.29. The van der Waals surface area contributed by atoms with E-state index in [1.54, 1.807) is 42.5 Å². The molecule has 0 aliphatic heterocycles. The lowest BCUT2D eigenvalue weighted by Gasteiger charge is -2.14. The van der Waals surface area contributed by atoms with Gasteiger partial charge in [-0.25, -0.2) is 4.39 Å². The predicted molar refractivity (Wildman–Crippen MR) is 105 cm³/mol. The van der Waals surface area contributed by atoms with E-state index in [2.05, 4.69) is 20.3 Å². The Hall–Kier alpha value is -4.07. The summed E-state index contributed by atoms with van der Waals surface area (Å²) in [5, 5.41) is 2.86. The van der Waals surface area contributed by atoms with E-state index in [1.165, 1.54) is 30.7 Å². The molecule has 0 saturated heterocycles. The van der Waals surface area contributed by atoms with Crippen LogP contribution >= 0.6 is 0 Å². The zero-order chi connectivity index (χ0) is 19.9. The van der Waals surface area contributed by atoms with Crippen molar-refractivity contribution in [2.24, 2.45) is 16.5 Å². The summed E-state index contributed by atoms with van der Waals surface area (Å²) in [6.45, 7) is 0. The van der Waals surface area contributed by atoms with Crippen molar-refractivity contribution in [3.63, 3.8) is 0 Å². The Morgan fingerprint density at radius 1 is 0.964 bits per heavy atom. The molecule has 0 spiro atoms. The number of rotatable bonds is 5. The summed E-state index contributed by atoms with van der Waals surface area (Å²) in [7, 11) is 0. The lowest BCUT2D eigenvalue weighted by molar-refractivity contribution is -0.114. The molecule has 0 atom stereocenters. The number of anilines is 1. The largest absolute Gasteiger partial charge is 0.392 e. The second-order valence-electron chi connectivity index (χ2n) is 5.65. The Labute approximate surface area is 160 Å². The Morgan fingerprint density at radius 3 is 2.36 bits per heavy atom. The number of hydrogen-bond donors (Lipinski definition) is 3. The van der Waals surface area contributed by atoms with E-state index in [0.29, 0.717) is 11.3 Å². The third-order valence-corrected chi connectivity index (χ3v) is 3.75. The van der Waals surface area contributed by atoms with Crippen LogP contribution in [-0.2, 0) is 4.79 Å². The van der Waals surface area contributed by atoms with Crippen LogP contribution in [0.15, 0.2) is 83.9 Å². The molecule has 2 aromatic heterocycles.